The molecular formula is C19H28N6O3. The van der Waals surface area contributed by atoms with Gasteiger partial charge in [-0.1, -0.05) is 6.92 Å². The summed E-state index contributed by atoms with van der Waals surface area (Å²) in [6, 6.07) is 3.72. The second-order valence-electron chi connectivity index (χ2n) is 7.58. The summed E-state index contributed by atoms with van der Waals surface area (Å²) in [5.41, 5.74) is 1.74. The summed E-state index contributed by atoms with van der Waals surface area (Å²) in [7, 11) is 1.82. The Kier molecular flexibility index (Phi) is 6.33. The molecule has 1 saturated carbocycles. The zero-order valence-corrected chi connectivity index (χ0v) is 16.3. The highest BCUT2D eigenvalue weighted by Gasteiger charge is 2.29. The number of rotatable bonds is 8. The maximum absolute atomic E-state index is 12.1. The number of aryl methyl sites for hydroxylation is 1. The molecule has 28 heavy (non-hydrogen) atoms. The summed E-state index contributed by atoms with van der Waals surface area (Å²) in [4.78, 5) is 23.0. The van der Waals surface area contributed by atoms with Crippen molar-refractivity contribution in [3.63, 3.8) is 0 Å². The molecule has 152 valence electrons. The van der Waals surface area contributed by atoms with Gasteiger partial charge in [0.2, 0.25) is 5.91 Å². The summed E-state index contributed by atoms with van der Waals surface area (Å²) in [6.07, 6.45) is 5.83. The number of aromatic nitrogens is 4. The van der Waals surface area contributed by atoms with Crippen LogP contribution < -0.4 is 10.6 Å². The summed E-state index contributed by atoms with van der Waals surface area (Å²) in [5.74, 6) is 1.23. The van der Waals surface area contributed by atoms with E-state index >= 15 is 0 Å². The zero-order chi connectivity index (χ0) is 20.1. The van der Waals surface area contributed by atoms with Crippen molar-refractivity contribution in [1.29, 1.82) is 0 Å². The monoisotopic (exact) mass is 388 g/mol. The van der Waals surface area contributed by atoms with Gasteiger partial charge in [0.25, 0.3) is 0 Å². The number of hydrogen-bond donors (Lipinski definition) is 4. The Bertz CT molecular complexity index is 814. The molecule has 0 bridgehead atoms. The Hall–Kier alpha value is -2.84. The quantitative estimate of drug-likeness (QED) is 0.553. The van der Waals surface area contributed by atoms with Crippen LogP contribution in [0.3, 0.4) is 0 Å². The van der Waals surface area contributed by atoms with Crippen molar-refractivity contribution in [2.24, 2.45) is 13.0 Å². The van der Waals surface area contributed by atoms with Crippen molar-refractivity contribution in [3.05, 3.63) is 29.7 Å². The number of carboxylic acid groups (broad SMARTS) is 1. The molecule has 0 aromatic carbocycles. The number of carbonyl (C=O) groups is 2. The lowest BCUT2D eigenvalue weighted by molar-refractivity contribution is -0.115. The van der Waals surface area contributed by atoms with E-state index < -0.39 is 6.09 Å². The topological polar surface area (TPSA) is 125 Å². The minimum absolute atomic E-state index is 0.00413. The molecule has 9 nitrogen and oxygen atoms in total. The van der Waals surface area contributed by atoms with Gasteiger partial charge in [0, 0.05) is 37.0 Å². The highest BCUT2D eigenvalue weighted by atomic mass is 16.4. The Morgan fingerprint density at radius 1 is 1.43 bits per heavy atom. The lowest BCUT2D eigenvalue weighted by Crippen LogP contribution is -2.34. The Morgan fingerprint density at radius 2 is 2.25 bits per heavy atom. The number of H-pyrrole nitrogens is 1. The number of anilines is 1. The van der Waals surface area contributed by atoms with Gasteiger partial charge >= 0.3 is 6.09 Å². The van der Waals surface area contributed by atoms with Gasteiger partial charge in [0.1, 0.15) is 0 Å². The molecule has 0 saturated heterocycles. The third kappa shape index (κ3) is 5.34. The standard InChI is InChI=1S/C19H28N6O3/c1-3-14(20-19(27)28)9-12-4-5-13(8-12)16-11-17(23-22-16)21-18(26)10-15-6-7-25(2)24-15/h6-7,11-14,20H,3-5,8-10H2,1-2H3,(H,27,28)(H2,21,22,23,26). The maximum atomic E-state index is 12.1. The molecule has 0 spiro atoms. The van der Waals surface area contributed by atoms with Gasteiger partial charge in [-0.05, 0) is 44.1 Å². The molecule has 3 atom stereocenters. The van der Waals surface area contributed by atoms with Gasteiger partial charge in [-0.2, -0.15) is 10.2 Å². The average molecular weight is 388 g/mol. The Morgan fingerprint density at radius 3 is 2.93 bits per heavy atom. The van der Waals surface area contributed by atoms with Crippen LogP contribution in [0.25, 0.3) is 0 Å². The predicted octanol–water partition coefficient (Wildman–Crippen LogP) is 2.64. The van der Waals surface area contributed by atoms with E-state index in [1.807, 2.05) is 26.1 Å². The van der Waals surface area contributed by atoms with Crippen LogP contribution in [-0.4, -0.2) is 43.1 Å². The molecular weight excluding hydrogens is 360 g/mol. The van der Waals surface area contributed by atoms with E-state index in [0.29, 0.717) is 17.7 Å². The zero-order valence-electron chi connectivity index (χ0n) is 16.3. The first-order valence-electron chi connectivity index (χ1n) is 9.76. The molecule has 9 heteroatoms. The smallest absolute Gasteiger partial charge is 0.404 e. The Labute approximate surface area is 163 Å². The third-order valence-electron chi connectivity index (χ3n) is 5.39. The molecule has 3 unspecified atom stereocenters. The van der Waals surface area contributed by atoms with E-state index in [1.165, 1.54) is 0 Å². The fourth-order valence-electron chi connectivity index (χ4n) is 3.99. The fraction of sp³-hybridized carbons (Fsp3) is 0.579. The Balaban J connectivity index is 1.50. The number of nitrogens with one attached hydrogen (secondary N) is 3. The van der Waals surface area contributed by atoms with Crippen LogP contribution >= 0.6 is 0 Å². The number of nitrogens with zero attached hydrogens (tertiary/aromatic N) is 3. The van der Waals surface area contributed by atoms with Crippen LogP contribution in [-0.2, 0) is 18.3 Å². The van der Waals surface area contributed by atoms with E-state index in [2.05, 4.69) is 25.9 Å². The third-order valence-corrected chi connectivity index (χ3v) is 5.39. The molecule has 0 radical (unpaired) electrons. The van der Waals surface area contributed by atoms with Crippen molar-refractivity contribution >= 4 is 17.8 Å². The SMILES string of the molecule is CCC(CC1CCC(c2cc(NC(=O)Cc3ccn(C)n3)n[nH]2)C1)NC(=O)O. The molecule has 1 aliphatic rings. The fourth-order valence-corrected chi connectivity index (χ4v) is 3.99. The molecule has 2 amide bonds. The van der Waals surface area contributed by atoms with E-state index in [0.717, 1.165) is 43.5 Å². The van der Waals surface area contributed by atoms with Crippen LogP contribution in [0.5, 0.6) is 0 Å². The van der Waals surface area contributed by atoms with Crippen LogP contribution in [0, 0.1) is 5.92 Å². The number of hydrogen-bond acceptors (Lipinski definition) is 4. The summed E-state index contributed by atoms with van der Waals surface area (Å²) in [6.45, 7) is 2.00. The van der Waals surface area contributed by atoms with E-state index in [4.69, 9.17) is 5.11 Å². The van der Waals surface area contributed by atoms with Gasteiger partial charge in [-0.3, -0.25) is 14.6 Å². The number of aromatic amines is 1. The number of carbonyl (C=O) groups excluding carboxylic acids is 1. The molecule has 4 N–H and O–H groups in total. The summed E-state index contributed by atoms with van der Waals surface area (Å²) in [5, 5.41) is 25.8. The van der Waals surface area contributed by atoms with Crippen molar-refractivity contribution in [3.8, 4) is 0 Å². The second-order valence-corrected chi connectivity index (χ2v) is 7.58. The van der Waals surface area contributed by atoms with Crippen molar-refractivity contribution in [2.45, 2.75) is 57.4 Å². The van der Waals surface area contributed by atoms with Crippen LogP contribution in [0.2, 0.25) is 0 Å². The molecule has 2 heterocycles. The van der Waals surface area contributed by atoms with Crippen molar-refractivity contribution < 1.29 is 14.7 Å². The minimum Gasteiger partial charge on any atom is -0.465 e. The minimum atomic E-state index is -0.957. The summed E-state index contributed by atoms with van der Waals surface area (Å²) >= 11 is 0. The lowest BCUT2D eigenvalue weighted by Gasteiger charge is -2.19. The van der Waals surface area contributed by atoms with Crippen molar-refractivity contribution in [2.75, 3.05) is 5.32 Å². The van der Waals surface area contributed by atoms with E-state index in [-0.39, 0.29) is 18.4 Å². The largest absolute Gasteiger partial charge is 0.465 e. The van der Waals surface area contributed by atoms with Gasteiger partial charge < -0.3 is 15.7 Å². The molecule has 1 aliphatic carbocycles. The van der Waals surface area contributed by atoms with Gasteiger partial charge in [-0.15, -0.1) is 0 Å². The van der Waals surface area contributed by atoms with Crippen LogP contribution in [0.1, 0.15) is 56.3 Å². The van der Waals surface area contributed by atoms with Gasteiger partial charge in [0.15, 0.2) is 5.82 Å². The first-order chi connectivity index (χ1) is 13.4. The van der Waals surface area contributed by atoms with E-state index in [1.54, 1.807) is 10.9 Å². The molecule has 0 aliphatic heterocycles. The molecule has 2 aromatic rings. The van der Waals surface area contributed by atoms with E-state index in [9.17, 15) is 9.59 Å². The van der Waals surface area contributed by atoms with Crippen LogP contribution in [0.15, 0.2) is 18.3 Å². The highest BCUT2D eigenvalue weighted by Crippen LogP contribution is 2.40. The van der Waals surface area contributed by atoms with Gasteiger partial charge in [-0.25, -0.2) is 4.79 Å². The number of amides is 2. The molecule has 3 rings (SSSR count). The maximum Gasteiger partial charge on any atom is 0.404 e. The molecule has 1 fully saturated rings. The summed E-state index contributed by atoms with van der Waals surface area (Å²) < 4.78 is 1.67. The normalized spacial score (nSPS) is 20.1. The molecule has 2 aromatic heterocycles. The second kappa shape index (κ2) is 8.90. The lowest BCUT2D eigenvalue weighted by atomic mass is 9.95. The van der Waals surface area contributed by atoms with Crippen LogP contribution in [0.4, 0.5) is 10.6 Å². The van der Waals surface area contributed by atoms with Crippen molar-refractivity contribution in [1.82, 2.24) is 25.3 Å². The first-order valence-corrected chi connectivity index (χ1v) is 9.76. The highest BCUT2D eigenvalue weighted by molar-refractivity contribution is 5.91. The average Bonchev–Trinajstić information content (AvgIpc) is 3.35. The first kappa shape index (κ1) is 19.9. The van der Waals surface area contributed by atoms with Gasteiger partial charge in [0.05, 0.1) is 12.1 Å². The predicted molar refractivity (Wildman–Crippen MR) is 104 cm³/mol.